The molecule has 10 nitrogen and oxygen atoms in total. The van der Waals surface area contributed by atoms with Crippen LogP contribution >= 0.6 is 0 Å². The Hall–Kier alpha value is -3.63. The third kappa shape index (κ3) is 7.28. The standard InChI is InChI=1S/C35H47N3O7/c1-3-5-19-38-32(40)30(31(39)25-9-7-6-8-10-25)36-34(43)35(38)17-20-37(21-18-35)23-24-11-14-27(15-12-24)45-28-16-13-26(33(41)42)22-29(28)44-4-2/h11-16,22,25,30-31,39H,3-10,17-21,23H2,1-2H3,(H,36,43)(H,41,42)/t30-,31-/m1/s1. The second-order valence-electron chi connectivity index (χ2n) is 12.6. The van der Waals surface area contributed by atoms with Gasteiger partial charge in [0.1, 0.15) is 17.3 Å². The fraction of sp³-hybridized carbons (Fsp3) is 0.571. The van der Waals surface area contributed by atoms with E-state index in [0.29, 0.717) is 62.9 Å². The van der Waals surface area contributed by atoms with Crippen molar-refractivity contribution in [2.24, 2.45) is 5.92 Å². The summed E-state index contributed by atoms with van der Waals surface area (Å²) in [5.41, 5.74) is 0.342. The molecule has 2 amide bonds. The van der Waals surface area contributed by atoms with Crippen molar-refractivity contribution in [1.29, 1.82) is 0 Å². The van der Waals surface area contributed by atoms with Gasteiger partial charge in [-0.25, -0.2) is 4.79 Å². The minimum Gasteiger partial charge on any atom is -0.490 e. The van der Waals surface area contributed by atoms with E-state index in [1.54, 1.807) is 6.07 Å². The molecule has 0 radical (unpaired) electrons. The Kier molecular flexibility index (Phi) is 10.7. The molecule has 0 aromatic heterocycles. The third-order valence-electron chi connectivity index (χ3n) is 9.70. The number of nitrogens with one attached hydrogen (secondary N) is 1. The predicted octanol–water partition coefficient (Wildman–Crippen LogP) is 4.98. The summed E-state index contributed by atoms with van der Waals surface area (Å²) in [6.45, 7) is 6.86. The van der Waals surface area contributed by atoms with Crippen molar-refractivity contribution in [1.82, 2.24) is 15.1 Å². The first-order valence-electron chi connectivity index (χ1n) is 16.6. The van der Waals surface area contributed by atoms with Gasteiger partial charge in [-0.2, -0.15) is 0 Å². The first kappa shape index (κ1) is 32.8. The van der Waals surface area contributed by atoms with Crippen LogP contribution in [-0.2, 0) is 16.1 Å². The van der Waals surface area contributed by atoms with Crippen molar-refractivity contribution in [2.75, 3.05) is 26.2 Å². The number of piperidine rings is 1. The van der Waals surface area contributed by atoms with Gasteiger partial charge in [0.15, 0.2) is 11.5 Å². The Morgan fingerprint density at radius 1 is 1.02 bits per heavy atom. The molecule has 1 aliphatic carbocycles. The van der Waals surface area contributed by atoms with Gasteiger partial charge in [-0.15, -0.1) is 0 Å². The SMILES string of the molecule is CCCCN1C(=O)[C@@H]([C@H](O)C2CCCCC2)NC(=O)C12CCN(Cc1ccc(Oc3ccc(C(=O)O)cc3OCC)cc1)CC2. The lowest BCUT2D eigenvalue weighted by Crippen LogP contribution is -2.75. The van der Waals surface area contributed by atoms with Crippen LogP contribution in [0.15, 0.2) is 42.5 Å². The highest BCUT2D eigenvalue weighted by Gasteiger charge is 2.55. The molecule has 3 N–H and O–H groups in total. The second-order valence-corrected chi connectivity index (χ2v) is 12.6. The maximum atomic E-state index is 13.9. The van der Waals surface area contributed by atoms with Gasteiger partial charge >= 0.3 is 5.97 Å². The number of likely N-dealkylation sites (tertiary alicyclic amines) is 1. The molecule has 0 bridgehead atoms. The number of nitrogens with zero attached hydrogens (tertiary/aromatic N) is 2. The zero-order valence-electron chi connectivity index (χ0n) is 26.5. The van der Waals surface area contributed by atoms with Gasteiger partial charge in [0.25, 0.3) is 0 Å². The van der Waals surface area contributed by atoms with E-state index in [9.17, 15) is 24.6 Å². The van der Waals surface area contributed by atoms with Crippen LogP contribution in [0.2, 0.25) is 0 Å². The van der Waals surface area contributed by atoms with E-state index in [-0.39, 0.29) is 23.3 Å². The quantitative estimate of drug-likeness (QED) is 0.303. The lowest BCUT2D eigenvalue weighted by Gasteiger charge is -2.52. The maximum Gasteiger partial charge on any atom is 0.335 e. The Bertz CT molecular complexity index is 1330. The molecule has 2 aliphatic heterocycles. The first-order chi connectivity index (χ1) is 21.8. The number of hydrogen-bond donors (Lipinski definition) is 3. The van der Waals surface area contributed by atoms with E-state index >= 15 is 0 Å². The predicted molar refractivity (Wildman–Crippen MR) is 169 cm³/mol. The number of aromatic carboxylic acids is 1. The lowest BCUT2D eigenvalue weighted by molar-refractivity contribution is -0.166. The zero-order chi connectivity index (χ0) is 32.0. The number of hydrogen-bond acceptors (Lipinski definition) is 7. The minimum atomic E-state index is -1.03. The number of aliphatic hydroxyl groups excluding tert-OH is 1. The largest absolute Gasteiger partial charge is 0.490 e. The fourth-order valence-corrected chi connectivity index (χ4v) is 7.08. The highest BCUT2D eigenvalue weighted by molar-refractivity contribution is 6.00. The number of unbranched alkanes of at least 4 members (excludes halogenated alkanes) is 1. The highest BCUT2D eigenvalue weighted by Crippen LogP contribution is 2.37. The van der Waals surface area contributed by atoms with Gasteiger partial charge in [-0.3, -0.25) is 14.5 Å². The van der Waals surface area contributed by atoms with Crippen LogP contribution in [0.1, 0.15) is 87.6 Å². The smallest absolute Gasteiger partial charge is 0.335 e. The molecule has 2 aromatic rings. The van der Waals surface area contributed by atoms with Gasteiger partial charge in [-0.1, -0.05) is 44.7 Å². The molecule has 244 valence electrons. The molecule has 2 aromatic carbocycles. The summed E-state index contributed by atoms with van der Waals surface area (Å²) in [6, 6.07) is 11.4. The summed E-state index contributed by atoms with van der Waals surface area (Å²) in [5, 5.41) is 23.5. The number of aliphatic hydroxyl groups is 1. The molecule has 10 heteroatoms. The molecule has 5 rings (SSSR count). The maximum absolute atomic E-state index is 13.9. The van der Waals surface area contributed by atoms with E-state index in [4.69, 9.17) is 9.47 Å². The van der Waals surface area contributed by atoms with Crippen LogP contribution in [0.25, 0.3) is 0 Å². The number of piperazine rings is 1. The van der Waals surface area contributed by atoms with Crippen molar-refractivity contribution in [3.63, 3.8) is 0 Å². The van der Waals surface area contributed by atoms with E-state index < -0.39 is 23.7 Å². The average Bonchev–Trinajstić information content (AvgIpc) is 3.05. The average molecular weight is 622 g/mol. The molecule has 3 aliphatic rings. The molecule has 45 heavy (non-hydrogen) atoms. The van der Waals surface area contributed by atoms with Crippen LogP contribution in [-0.4, -0.2) is 81.7 Å². The number of carbonyl (C=O) groups excluding carboxylic acids is 2. The van der Waals surface area contributed by atoms with Gasteiger partial charge in [0.05, 0.1) is 18.3 Å². The summed E-state index contributed by atoms with van der Waals surface area (Å²) in [7, 11) is 0. The van der Waals surface area contributed by atoms with Gasteiger partial charge in [0.2, 0.25) is 11.8 Å². The van der Waals surface area contributed by atoms with E-state index in [1.165, 1.54) is 12.1 Å². The molecule has 1 saturated carbocycles. The van der Waals surface area contributed by atoms with Crippen LogP contribution in [0.3, 0.4) is 0 Å². The molecule has 0 unspecified atom stereocenters. The van der Waals surface area contributed by atoms with Crippen molar-refractivity contribution in [2.45, 2.75) is 95.9 Å². The highest BCUT2D eigenvalue weighted by atomic mass is 16.5. The summed E-state index contributed by atoms with van der Waals surface area (Å²) < 4.78 is 11.6. The Balaban J connectivity index is 1.21. The van der Waals surface area contributed by atoms with E-state index in [1.807, 2.05) is 36.1 Å². The number of carboxylic acid groups (broad SMARTS) is 1. The lowest BCUT2D eigenvalue weighted by atomic mass is 9.78. The summed E-state index contributed by atoms with van der Waals surface area (Å²) in [4.78, 5) is 43.1. The Morgan fingerprint density at radius 3 is 2.38 bits per heavy atom. The minimum absolute atomic E-state index is 0.0536. The first-order valence-corrected chi connectivity index (χ1v) is 16.6. The van der Waals surface area contributed by atoms with E-state index in [0.717, 1.165) is 50.5 Å². The fourth-order valence-electron chi connectivity index (χ4n) is 7.08. The van der Waals surface area contributed by atoms with Crippen LogP contribution in [0.4, 0.5) is 0 Å². The molecule has 2 saturated heterocycles. The number of amides is 2. The van der Waals surface area contributed by atoms with E-state index in [2.05, 4.69) is 17.1 Å². The van der Waals surface area contributed by atoms with Crippen molar-refractivity contribution < 1.29 is 34.1 Å². The van der Waals surface area contributed by atoms with Crippen LogP contribution in [0.5, 0.6) is 17.2 Å². The van der Waals surface area contributed by atoms with Gasteiger partial charge < -0.3 is 29.9 Å². The second kappa shape index (κ2) is 14.6. The molecule has 2 atom stereocenters. The van der Waals surface area contributed by atoms with Gasteiger partial charge in [0, 0.05) is 26.2 Å². The third-order valence-corrected chi connectivity index (χ3v) is 9.70. The molecule has 1 spiro atoms. The van der Waals surface area contributed by atoms with Gasteiger partial charge in [-0.05, 0) is 80.8 Å². The number of carbonyl (C=O) groups is 3. The van der Waals surface area contributed by atoms with Crippen molar-refractivity contribution in [3.8, 4) is 17.2 Å². The number of ether oxygens (including phenoxy) is 2. The van der Waals surface area contributed by atoms with Crippen LogP contribution < -0.4 is 14.8 Å². The number of benzene rings is 2. The normalized spacial score (nSPS) is 21.4. The zero-order valence-corrected chi connectivity index (χ0v) is 26.5. The molecule has 3 fully saturated rings. The number of rotatable bonds is 12. The Morgan fingerprint density at radius 2 is 1.73 bits per heavy atom. The van der Waals surface area contributed by atoms with Crippen molar-refractivity contribution >= 4 is 17.8 Å². The monoisotopic (exact) mass is 621 g/mol. The summed E-state index contributed by atoms with van der Waals surface area (Å²) in [5.74, 6) is 0.191. The molecule has 2 heterocycles. The summed E-state index contributed by atoms with van der Waals surface area (Å²) >= 11 is 0. The Labute approximate surface area is 265 Å². The van der Waals surface area contributed by atoms with Crippen LogP contribution in [0, 0.1) is 5.92 Å². The molecular weight excluding hydrogens is 574 g/mol. The topological polar surface area (TPSA) is 129 Å². The van der Waals surface area contributed by atoms with Crippen molar-refractivity contribution in [3.05, 3.63) is 53.6 Å². The number of carboxylic acids is 1. The molecular formula is C35H47N3O7. The summed E-state index contributed by atoms with van der Waals surface area (Å²) in [6.07, 6.45) is 7.08.